The molecular formula is C16H26N4O2S. The molecule has 0 amide bonds. The van der Waals surface area contributed by atoms with E-state index < -0.39 is 0 Å². The van der Waals surface area contributed by atoms with Crippen molar-refractivity contribution in [3.05, 3.63) is 16.1 Å². The lowest BCUT2D eigenvalue weighted by Crippen LogP contribution is -2.40. The quantitative estimate of drug-likeness (QED) is 0.503. The number of nitrogens with one attached hydrogen (secondary N) is 1. The second kappa shape index (κ2) is 8.29. The average molecular weight is 338 g/mol. The number of hydrogen-bond acceptors (Lipinski definition) is 5. The third kappa shape index (κ3) is 4.67. The van der Waals surface area contributed by atoms with E-state index in [-0.39, 0.29) is 17.8 Å². The highest BCUT2D eigenvalue weighted by Crippen LogP contribution is 2.24. The molecule has 128 valence electrons. The highest BCUT2D eigenvalue weighted by atomic mass is 32.1. The highest BCUT2D eigenvalue weighted by molar-refractivity contribution is 7.11. The highest BCUT2D eigenvalue weighted by Gasteiger charge is 2.36. The number of guanidine groups is 1. The van der Waals surface area contributed by atoms with Crippen LogP contribution >= 0.6 is 11.3 Å². The van der Waals surface area contributed by atoms with Gasteiger partial charge in [0.15, 0.2) is 5.96 Å². The number of ether oxygens (including phenoxy) is 1. The van der Waals surface area contributed by atoms with Gasteiger partial charge in [-0.25, -0.2) is 4.98 Å². The van der Waals surface area contributed by atoms with Crippen LogP contribution in [0.15, 0.2) is 11.2 Å². The van der Waals surface area contributed by atoms with Crippen molar-refractivity contribution in [1.82, 2.24) is 15.2 Å². The Morgan fingerprint density at radius 1 is 1.57 bits per heavy atom. The SMILES string of the molecule is CCNC(=NCCc1ncc(C)s1)N1CC(C)C(C(=O)OC)C1. The second-order valence-electron chi connectivity index (χ2n) is 5.86. The zero-order valence-electron chi connectivity index (χ0n) is 14.3. The molecule has 0 aromatic carbocycles. The Bertz CT molecular complexity index is 558. The van der Waals surface area contributed by atoms with Gasteiger partial charge in [-0.3, -0.25) is 9.79 Å². The Kier molecular flexibility index (Phi) is 6.38. The van der Waals surface area contributed by atoms with E-state index in [4.69, 9.17) is 9.73 Å². The van der Waals surface area contributed by atoms with E-state index in [0.29, 0.717) is 13.1 Å². The molecule has 0 radical (unpaired) electrons. The minimum Gasteiger partial charge on any atom is -0.469 e. The number of carbonyl (C=O) groups is 1. The molecule has 1 fully saturated rings. The number of thiazole rings is 1. The first-order valence-corrected chi connectivity index (χ1v) is 8.89. The molecule has 1 N–H and O–H groups in total. The minimum absolute atomic E-state index is 0.0783. The summed E-state index contributed by atoms with van der Waals surface area (Å²) in [5.74, 6) is 0.937. The molecule has 1 aliphatic rings. The zero-order chi connectivity index (χ0) is 16.8. The van der Waals surface area contributed by atoms with Crippen molar-refractivity contribution < 1.29 is 9.53 Å². The molecule has 6 nitrogen and oxygen atoms in total. The van der Waals surface area contributed by atoms with Gasteiger partial charge in [-0.1, -0.05) is 6.92 Å². The predicted molar refractivity (Wildman–Crippen MR) is 92.8 cm³/mol. The summed E-state index contributed by atoms with van der Waals surface area (Å²) in [4.78, 5) is 24.3. The van der Waals surface area contributed by atoms with Crippen molar-refractivity contribution in [2.75, 3.05) is 33.3 Å². The lowest BCUT2D eigenvalue weighted by atomic mass is 9.99. The summed E-state index contributed by atoms with van der Waals surface area (Å²) in [6.45, 7) is 9.19. The molecule has 2 atom stereocenters. The third-order valence-electron chi connectivity index (χ3n) is 4.01. The van der Waals surface area contributed by atoms with Crippen LogP contribution in [0.2, 0.25) is 0 Å². The Morgan fingerprint density at radius 2 is 2.35 bits per heavy atom. The van der Waals surface area contributed by atoms with Gasteiger partial charge in [0.1, 0.15) is 0 Å². The van der Waals surface area contributed by atoms with Crippen LogP contribution in [0.3, 0.4) is 0 Å². The first kappa shape index (κ1) is 17.7. The van der Waals surface area contributed by atoms with E-state index in [1.807, 2.05) is 6.20 Å². The molecule has 23 heavy (non-hydrogen) atoms. The van der Waals surface area contributed by atoms with Gasteiger partial charge in [0.2, 0.25) is 0 Å². The van der Waals surface area contributed by atoms with Gasteiger partial charge in [-0.2, -0.15) is 0 Å². The van der Waals surface area contributed by atoms with E-state index in [1.54, 1.807) is 11.3 Å². The van der Waals surface area contributed by atoms with E-state index in [2.05, 4.69) is 36.0 Å². The monoisotopic (exact) mass is 338 g/mol. The number of aliphatic imine (C=N–C) groups is 1. The molecule has 1 aromatic rings. The summed E-state index contributed by atoms with van der Waals surface area (Å²) in [6.07, 6.45) is 2.75. The third-order valence-corrected chi connectivity index (χ3v) is 4.98. The Labute approximate surface area is 142 Å². The Morgan fingerprint density at radius 3 is 2.96 bits per heavy atom. The average Bonchev–Trinajstić information content (AvgIpc) is 3.11. The number of nitrogens with zero attached hydrogens (tertiary/aromatic N) is 3. The van der Waals surface area contributed by atoms with Crippen molar-refractivity contribution in [3.63, 3.8) is 0 Å². The lowest BCUT2D eigenvalue weighted by Gasteiger charge is -2.21. The van der Waals surface area contributed by atoms with Gasteiger partial charge < -0.3 is 15.0 Å². The van der Waals surface area contributed by atoms with Gasteiger partial charge in [-0.05, 0) is 19.8 Å². The van der Waals surface area contributed by atoms with Crippen molar-refractivity contribution in [1.29, 1.82) is 0 Å². The maximum Gasteiger partial charge on any atom is 0.310 e. The number of aromatic nitrogens is 1. The molecule has 2 heterocycles. The van der Waals surface area contributed by atoms with Crippen LogP contribution in [0.25, 0.3) is 0 Å². The summed E-state index contributed by atoms with van der Waals surface area (Å²) in [7, 11) is 1.45. The van der Waals surface area contributed by atoms with Gasteiger partial charge in [0.05, 0.1) is 18.0 Å². The zero-order valence-corrected chi connectivity index (χ0v) is 15.2. The lowest BCUT2D eigenvalue weighted by molar-refractivity contribution is -0.145. The fraction of sp³-hybridized carbons (Fsp3) is 0.688. The number of carbonyl (C=O) groups excluding carboxylic acids is 1. The number of likely N-dealkylation sites (tertiary alicyclic amines) is 1. The summed E-state index contributed by atoms with van der Waals surface area (Å²) in [5.41, 5.74) is 0. The predicted octanol–water partition coefficient (Wildman–Crippen LogP) is 1.70. The fourth-order valence-electron chi connectivity index (χ4n) is 2.80. The van der Waals surface area contributed by atoms with Crippen molar-refractivity contribution in [2.24, 2.45) is 16.8 Å². The minimum atomic E-state index is -0.130. The summed E-state index contributed by atoms with van der Waals surface area (Å²) in [6, 6.07) is 0. The van der Waals surface area contributed by atoms with E-state index in [1.165, 1.54) is 12.0 Å². The van der Waals surface area contributed by atoms with E-state index in [9.17, 15) is 4.79 Å². The number of methoxy groups -OCH3 is 1. The van der Waals surface area contributed by atoms with Crippen molar-refractivity contribution in [3.8, 4) is 0 Å². The maximum atomic E-state index is 11.8. The van der Waals surface area contributed by atoms with E-state index in [0.717, 1.165) is 30.5 Å². The molecule has 0 bridgehead atoms. The first-order chi connectivity index (χ1) is 11.0. The van der Waals surface area contributed by atoms with Gasteiger partial charge in [0.25, 0.3) is 0 Å². The molecule has 2 unspecified atom stereocenters. The Hall–Kier alpha value is -1.63. The number of esters is 1. The number of hydrogen-bond donors (Lipinski definition) is 1. The fourth-order valence-corrected chi connectivity index (χ4v) is 3.57. The standard InChI is InChI=1S/C16H26N4O2S/c1-5-17-16(18-7-6-14-19-8-12(3)23-14)20-9-11(2)13(10-20)15(21)22-4/h8,11,13H,5-7,9-10H2,1-4H3,(H,17,18). The summed E-state index contributed by atoms with van der Waals surface area (Å²) in [5, 5.41) is 4.44. The van der Waals surface area contributed by atoms with Crippen molar-refractivity contribution >= 4 is 23.3 Å². The molecule has 0 spiro atoms. The topological polar surface area (TPSA) is 66.8 Å². The first-order valence-electron chi connectivity index (χ1n) is 8.07. The van der Waals surface area contributed by atoms with Crippen molar-refractivity contribution in [2.45, 2.75) is 27.2 Å². The number of rotatable bonds is 5. The Balaban J connectivity index is 1.97. The van der Waals surface area contributed by atoms with Crippen LogP contribution in [0.1, 0.15) is 23.7 Å². The van der Waals surface area contributed by atoms with Gasteiger partial charge in [0, 0.05) is 43.7 Å². The molecule has 7 heteroatoms. The van der Waals surface area contributed by atoms with Crippen LogP contribution < -0.4 is 5.32 Å². The number of aryl methyl sites for hydroxylation is 1. The summed E-state index contributed by atoms with van der Waals surface area (Å²) < 4.78 is 4.90. The van der Waals surface area contributed by atoms with Crippen LogP contribution in [0, 0.1) is 18.8 Å². The largest absolute Gasteiger partial charge is 0.469 e. The van der Waals surface area contributed by atoms with Crippen LogP contribution in [-0.4, -0.2) is 55.1 Å². The molecule has 1 aliphatic heterocycles. The van der Waals surface area contributed by atoms with Gasteiger partial charge in [-0.15, -0.1) is 11.3 Å². The molecular weight excluding hydrogens is 312 g/mol. The molecule has 2 rings (SSSR count). The molecule has 0 aliphatic carbocycles. The van der Waals surface area contributed by atoms with E-state index >= 15 is 0 Å². The second-order valence-corrected chi connectivity index (χ2v) is 7.18. The van der Waals surface area contributed by atoms with Crippen LogP contribution in [0.5, 0.6) is 0 Å². The van der Waals surface area contributed by atoms with Crippen LogP contribution in [-0.2, 0) is 16.0 Å². The van der Waals surface area contributed by atoms with Gasteiger partial charge >= 0.3 is 5.97 Å². The maximum absolute atomic E-state index is 11.8. The van der Waals surface area contributed by atoms with Crippen LogP contribution in [0.4, 0.5) is 0 Å². The smallest absolute Gasteiger partial charge is 0.310 e. The molecule has 1 aromatic heterocycles. The summed E-state index contributed by atoms with van der Waals surface area (Å²) >= 11 is 1.72. The molecule has 1 saturated heterocycles. The molecule has 0 saturated carbocycles. The normalized spacial score (nSPS) is 21.6.